The zero-order chi connectivity index (χ0) is 13.7. The first-order valence-electron chi connectivity index (χ1n) is 6.85. The molecule has 1 aromatic carbocycles. The highest BCUT2D eigenvalue weighted by Gasteiger charge is 2.21. The summed E-state index contributed by atoms with van der Waals surface area (Å²) in [4.78, 5) is 13.0. The summed E-state index contributed by atoms with van der Waals surface area (Å²) >= 11 is 0. The first-order valence-corrected chi connectivity index (χ1v) is 6.85. The predicted octanol–water partition coefficient (Wildman–Crippen LogP) is 2.58. The molecule has 1 atom stereocenters. The Hall–Kier alpha value is -1.17. The van der Waals surface area contributed by atoms with Gasteiger partial charge in [-0.1, -0.05) is 18.2 Å². The lowest BCUT2D eigenvalue weighted by Gasteiger charge is -2.32. The Bertz CT molecular complexity index is 440. The van der Waals surface area contributed by atoms with Crippen LogP contribution in [0.3, 0.4) is 0 Å². The molecule has 0 saturated carbocycles. The van der Waals surface area contributed by atoms with E-state index in [1.54, 1.807) is 12.1 Å². The number of hydrogen-bond donors (Lipinski definition) is 1. The lowest BCUT2D eigenvalue weighted by atomic mass is 9.94. The van der Waals surface area contributed by atoms with Crippen molar-refractivity contribution >= 4 is 18.1 Å². The average molecular weight is 300 g/mol. The molecule has 112 valence electrons. The number of rotatable bonds is 5. The quantitative estimate of drug-likeness (QED) is 0.670. The molecule has 1 heterocycles. The molecule has 0 aliphatic carbocycles. The Morgan fingerprint density at radius 3 is 2.85 bits per heavy atom. The van der Waals surface area contributed by atoms with Crippen molar-refractivity contribution in [2.45, 2.75) is 25.8 Å². The number of nitrogens with two attached hydrogens (primary N) is 1. The van der Waals surface area contributed by atoms with E-state index in [4.69, 9.17) is 5.73 Å². The van der Waals surface area contributed by atoms with E-state index in [0.29, 0.717) is 12.5 Å². The Morgan fingerprint density at radius 1 is 1.40 bits per heavy atom. The number of hydrogen-bond acceptors (Lipinski definition) is 4. The van der Waals surface area contributed by atoms with Crippen molar-refractivity contribution in [1.29, 1.82) is 0 Å². The topological polar surface area (TPSA) is 72.4 Å². The molecule has 2 rings (SSSR count). The maximum Gasteiger partial charge on any atom is 0.273 e. The number of benzene rings is 1. The molecular formula is C14H22ClN3O2. The Balaban J connectivity index is 0.00000200. The summed E-state index contributed by atoms with van der Waals surface area (Å²) in [6.07, 6.45) is 3.43. The molecular weight excluding hydrogens is 278 g/mol. The van der Waals surface area contributed by atoms with Gasteiger partial charge in [-0.05, 0) is 38.3 Å². The van der Waals surface area contributed by atoms with Gasteiger partial charge in [-0.2, -0.15) is 0 Å². The van der Waals surface area contributed by atoms with Crippen LogP contribution < -0.4 is 5.73 Å². The summed E-state index contributed by atoms with van der Waals surface area (Å²) in [5.41, 5.74) is 6.65. The van der Waals surface area contributed by atoms with E-state index in [-0.39, 0.29) is 23.0 Å². The van der Waals surface area contributed by atoms with Gasteiger partial charge in [0.25, 0.3) is 5.69 Å². The molecule has 6 heteroatoms. The van der Waals surface area contributed by atoms with Crippen LogP contribution in [-0.2, 0) is 6.54 Å². The summed E-state index contributed by atoms with van der Waals surface area (Å²) in [5.74, 6) is 0.640. The van der Waals surface area contributed by atoms with Crippen LogP contribution in [0, 0.1) is 16.0 Å². The van der Waals surface area contributed by atoms with Crippen molar-refractivity contribution in [3.63, 3.8) is 0 Å². The molecule has 2 N–H and O–H groups in total. The lowest BCUT2D eigenvalue weighted by molar-refractivity contribution is -0.385. The van der Waals surface area contributed by atoms with Crippen molar-refractivity contribution in [3.8, 4) is 0 Å². The van der Waals surface area contributed by atoms with Gasteiger partial charge in [-0.15, -0.1) is 12.4 Å². The summed E-state index contributed by atoms with van der Waals surface area (Å²) in [6, 6.07) is 7.01. The Kier molecular flexibility index (Phi) is 6.91. The highest BCUT2D eigenvalue weighted by molar-refractivity contribution is 5.85. The van der Waals surface area contributed by atoms with Crippen molar-refractivity contribution < 1.29 is 4.92 Å². The molecule has 5 nitrogen and oxygen atoms in total. The van der Waals surface area contributed by atoms with Gasteiger partial charge in [0.2, 0.25) is 0 Å². The van der Waals surface area contributed by atoms with Crippen LogP contribution in [0.2, 0.25) is 0 Å². The summed E-state index contributed by atoms with van der Waals surface area (Å²) in [7, 11) is 0. The minimum Gasteiger partial charge on any atom is -0.330 e. The molecule has 1 fully saturated rings. The Morgan fingerprint density at radius 2 is 2.15 bits per heavy atom. The van der Waals surface area contributed by atoms with E-state index < -0.39 is 0 Å². The van der Waals surface area contributed by atoms with Crippen molar-refractivity contribution in [2.75, 3.05) is 19.6 Å². The molecule has 1 aliphatic heterocycles. The van der Waals surface area contributed by atoms with Gasteiger partial charge in [0.05, 0.1) is 4.92 Å². The number of nitro benzene ring substituents is 1. The van der Waals surface area contributed by atoms with E-state index >= 15 is 0 Å². The van der Waals surface area contributed by atoms with E-state index in [9.17, 15) is 10.1 Å². The number of nitrogens with zero attached hydrogens (tertiary/aromatic N) is 2. The lowest BCUT2D eigenvalue weighted by Crippen LogP contribution is -2.35. The van der Waals surface area contributed by atoms with Crippen molar-refractivity contribution in [1.82, 2.24) is 4.90 Å². The second-order valence-corrected chi connectivity index (χ2v) is 5.21. The van der Waals surface area contributed by atoms with E-state index in [1.807, 2.05) is 12.1 Å². The van der Waals surface area contributed by atoms with Crippen LogP contribution in [0.1, 0.15) is 24.8 Å². The van der Waals surface area contributed by atoms with Crippen molar-refractivity contribution in [2.24, 2.45) is 11.7 Å². The molecule has 1 saturated heterocycles. The van der Waals surface area contributed by atoms with E-state index in [0.717, 1.165) is 38.0 Å². The highest BCUT2D eigenvalue weighted by Crippen LogP contribution is 2.24. The van der Waals surface area contributed by atoms with Gasteiger partial charge in [-0.25, -0.2) is 0 Å². The van der Waals surface area contributed by atoms with Crippen LogP contribution in [0.15, 0.2) is 24.3 Å². The standard InChI is InChI=1S/C14H21N3O2.ClH/c15-8-7-12-4-3-9-16(10-12)11-13-5-1-2-6-14(13)17(18)19;/h1-2,5-6,12H,3-4,7-11,15H2;1H. The number of halogens is 1. The largest absolute Gasteiger partial charge is 0.330 e. The molecule has 1 unspecified atom stereocenters. The summed E-state index contributed by atoms with van der Waals surface area (Å²) in [5, 5.41) is 11.0. The highest BCUT2D eigenvalue weighted by atomic mass is 35.5. The second kappa shape index (κ2) is 8.19. The maximum atomic E-state index is 11.0. The molecule has 1 aliphatic rings. The SMILES string of the molecule is Cl.NCCC1CCCN(Cc2ccccc2[N+](=O)[O-])C1. The minimum absolute atomic E-state index is 0. The van der Waals surface area contributed by atoms with E-state index in [1.165, 1.54) is 6.42 Å². The zero-order valence-electron chi connectivity index (χ0n) is 11.5. The monoisotopic (exact) mass is 299 g/mol. The van der Waals surface area contributed by atoms with Crippen LogP contribution in [-0.4, -0.2) is 29.5 Å². The first-order chi connectivity index (χ1) is 9.20. The molecule has 0 spiro atoms. The molecule has 0 bridgehead atoms. The van der Waals surface area contributed by atoms with Crippen LogP contribution >= 0.6 is 12.4 Å². The van der Waals surface area contributed by atoms with Crippen LogP contribution in [0.25, 0.3) is 0 Å². The van der Waals surface area contributed by atoms with Crippen molar-refractivity contribution in [3.05, 3.63) is 39.9 Å². The number of para-hydroxylation sites is 1. The summed E-state index contributed by atoms with van der Waals surface area (Å²) < 4.78 is 0. The first kappa shape index (κ1) is 16.9. The molecule has 1 aromatic rings. The van der Waals surface area contributed by atoms with Gasteiger partial charge < -0.3 is 5.73 Å². The maximum absolute atomic E-state index is 11.0. The van der Waals surface area contributed by atoms with Gasteiger partial charge in [0.1, 0.15) is 0 Å². The van der Waals surface area contributed by atoms with Gasteiger partial charge in [-0.3, -0.25) is 15.0 Å². The van der Waals surface area contributed by atoms with Crippen LogP contribution in [0.4, 0.5) is 5.69 Å². The fraction of sp³-hybridized carbons (Fsp3) is 0.571. The van der Waals surface area contributed by atoms with Gasteiger partial charge in [0.15, 0.2) is 0 Å². The fourth-order valence-corrected chi connectivity index (χ4v) is 2.83. The van der Waals surface area contributed by atoms with E-state index in [2.05, 4.69) is 4.90 Å². The smallest absolute Gasteiger partial charge is 0.273 e. The molecule has 0 radical (unpaired) electrons. The molecule has 0 amide bonds. The third kappa shape index (κ3) is 4.44. The normalized spacial score (nSPS) is 19.4. The number of nitro groups is 1. The van der Waals surface area contributed by atoms with Gasteiger partial charge >= 0.3 is 0 Å². The second-order valence-electron chi connectivity index (χ2n) is 5.21. The predicted molar refractivity (Wildman–Crippen MR) is 82.0 cm³/mol. The number of likely N-dealkylation sites (tertiary alicyclic amines) is 1. The molecule has 0 aromatic heterocycles. The summed E-state index contributed by atoms with van der Waals surface area (Å²) in [6.45, 7) is 3.42. The van der Waals surface area contributed by atoms with Crippen LogP contribution in [0.5, 0.6) is 0 Å². The third-order valence-electron chi connectivity index (χ3n) is 3.76. The van der Waals surface area contributed by atoms with Gasteiger partial charge in [0, 0.05) is 24.7 Å². The average Bonchev–Trinajstić information content (AvgIpc) is 2.40. The number of piperidine rings is 1. The fourth-order valence-electron chi connectivity index (χ4n) is 2.83. The Labute approximate surface area is 125 Å². The zero-order valence-corrected chi connectivity index (χ0v) is 12.3. The molecule has 20 heavy (non-hydrogen) atoms. The minimum atomic E-state index is -0.295. The third-order valence-corrected chi connectivity index (χ3v) is 3.76.